The Morgan fingerprint density at radius 3 is 2.58 bits per heavy atom. The summed E-state index contributed by atoms with van der Waals surface area (Å²) in [6.07, 6.45) is 3.63. The van der Waals surface area contributed by atoms with Crippen molar-refractivity contribution >= 4 is 17.7 Å². The van der Waals surface area contributed by atoms with E-state index in [1.54, 1.807) is 6.08 Å². The first-order valence-electron chi connectivity index (χ1n) is 8.55. The molecule has 0 unspecified atom stereocenters. The lowest BCUT2D eigenvalue weighted by Gasteiger charge is -2.13. The van der Waals surface area contributed by atoms with E-state index in [-0.39, 0.29) is 5.76 Å². The topological polar surface area (TPSA) is 70.8 Å². The number of nitrogens with two attached hydrogens (primary N) is 1. The Hall–Kier alpha value is -2.95. The maximum Gasteiger partial charge on any atom is 0.373 e. The molecule has 2 N–H and O–H groups in total. The Morgan fingerprint density at radius 2 is 1.92 bits per heavy atom. The first-order valence-corrected chi connectivity index (χ1v) is 8.55. The second kappa shape index (κ2) is 9.51. The fourth-order valence-corrected chi connectivity index (χ4v) is 2.47. The Balaban J connectivity index is 2.43. The summed E-state index contributed by atoms with van der Waals surface area (Å²) in [5.41, 5.74) is 9.31. The first kappa shape index (κ1) is 19.4. The molecule has 138 valence electrons. The molecule has 0 aliphatic heterocycles. The Labute approximate surface area is 154 Å². The highest BCUT2D eigenvalue weighted by Gasteiger charge is 2.12. The van der Waals surface area contributed by atoms with Crippen LogP contribution >= 0.6 is 0 Å². The normalized spacial score (nSPS) is 11.1. The number of hydrogen-bond acceptors (Lipinski definition) is 5. The maximum atomic E-state index is 11.7. The molecule has 2 aromatic rings. The highest BCUT2D eigenvalue weighted by atomic mass is 16.6. The molecule has 5 nitrogen and oxygen atoms in total. The first-order chi connectivity index (χ1) is 12.6. The summed E-state index contributed by atoms with van der Waals surface area (Å²) >= 11 is 0. The lowest BCUT2D eigenvalue weighted by atomic mass is 10.0. The zero-order chi connectivity index (χ0) is 18.9. The third kappa shape index (κ3) is 5.02. The van der Waals surface area contributed by atoms with E-state index in [0.29, 0.717) is 12.3 Å². The molecule has 5 heteroatoms. The largest absolute Gasteiger partial charge is 0.493 e. The molecule has 0 saturated carbocycles. The average molecular weight is 355 g/mol. The fourth-order valence-electron chi connectivity index (χ4n) is 2.47. The number of nitrogen functional groups attached to an aromatic ring is 1. The van der Waals surface area contributed by atoms with Gasteiger partial charge in [0.15, 0.2) is 0 Å². The molecule has 0 aromatic heterocycles. The molecular formula is C21H25NO4. The van der Waals surface area contributed by atoms with E-state index >= 15 is 0 Å². The number of carbonyl (C=O) groups is 1. The van der Waals surface area contributed by atoms with Crippen LogP contribution in [0.1, 0.15) is 25.3 Å². The number of anilines is 1. The van der Waals surface area contributed by atoms with Crippen LogP contribution in [0, 0.1) is 0 Å². The zero-order valence-corrected chi connectivity index (χ0v) is 15.5. The average Bonchev–Trinajstić information content (AvgIpc) is 2.66. The molecular weight excluding hydrogens is 330 g/mol. The second-order valence-corrected chi connectivity index (χ2v) is 5.79. The SMILES string of the molecule is CCCCOc1cc(/C=C(\OC)C(=O)OC)ccc1-c1cccc(N)c1. The molecule has 2 aromatic carbocycles. The molecule has 0 fully saturated rings. The minimum atomic E-state index is -0.527. The molecule has 0 spiro atoms. The van der Waals surface area contributed by atoms with Crippen LogP contribution in [-0.4, -0.2) is 26.8 Å². The molecule has 0 atom stereocenters. The summed E-state index contributed by atoms with van der Waals surface area (Å²) in [5.74, 6) is 0.336. The van der Waals surface area contributed by atoms with Crippen LogP contribution in [0.5, 0.6) is 5.75 Å². The van der Waals surface area contributed by atoms with E-state index < -0.39 is 5.97 Å². The minimum absolute atomic E-state index is 0.128. The van der Waals surface area contributed by atoms with Gasteiger partial charge in [-0.2, -0.15) is 0 Å². The lowest BCUT2D eigenvalue weighted by Crippen LogP contribution is -2.06. The number of ether oxygens (including phenoxy) is 3. The lowest BCUT2D eigenvalue weighted by molar-refractivity contribution is -0.139. The third-order valence-electron chi connectivity index (χ3n) is 3.86. The van der Waals surface area contributed by atoms with Gasteiger partial charge in [0.2, 0.25) is 5.76 Å². The van der Waals surface area contributed by atoms with Crippen molar-refractivity contribution in [1.82, 2.24) is 0 Å². The van der Waals surface area contributed by atoms with E-state index in [9.17, 15) is 4.79 Å². The monoisotopic (exact) mass is 355 g/mol. The summed E-state index contributed by atoms with van der Waals surface area (Å²) in [6.45, 7) is 2.73. The number of esters is 1. The number of hydrogen-bond donors (Lipinski definition) is 1. The van der Waals surface area contributed by atoms with Crippen LogP contribution in [-0.2, 0) is 14.3 Å². The molecule has 0 heterocycles. The molecule has 0 aliphatic carbocycles. The van der Waals surface area contributed by atoms with E-state index in [1.165, 1.54) is 14.2 Å². The minimum Gasteiger partial charge on any atom is -0.493 e. The van der Waals surface area contributed by atoms with E-state index in [0.717, 1.165) is 35.3 Å². The van der Waals surface area contributed by atoms with Crippen molar-refractivity contribution in [3.63, 3.8) is 0 Å². The van der Waals surface area contributed by atoms with E-state index in [4.69, 9.17) is 19.9 Å². The summed E-state index contributed by atoms with van der Waals surface area (Å²) in [5, 5.41) is 0. The molecule has 0 saturated heterocycles. The van der Waals surface area contributed by atoms with Crippen molar-refractivity contribution in [2.45, 2.75) is 19.8 Å². The van der Waals surface area contributed by atoms with Crippen molar-refractivity contribution in [2.75, 3.05) is 26.6 Å². The van der Waals surface area contributed by atoms with E-state index in [2.05, 4.69) is 6.92 Å². The van der Waals surface area contributed by atoms with Crippen molar-refractivity contribution in [3.05, 3.63) is 53.8 Å². The van der Waals surface area contributed by atoms with Gasteiger partial charge < -0.3 is 19.9 Å². The molecule has 0 radical (unpaired) electrons. The summed E-state index contributed by atoms with van der Waals surface area (Å²) in [6, 6.07) is 13.4. The van der Waals surface area contributed by atoms with Crippen LogP contribution in [0.4, 0.5) is 5.69 Å². The summed E-state index contributed by atoms with van der Waals surface area (Å²) in [4.78, 5) is 11.7. The van der Waals surface area contributed by atoms with Gasteiger partial charge in [-0.25, -0.2) is 4.79 Å². The zero-order valence-electron chi connectivity index (χ0n) is 15.5. The van der Waals surface area contributed by atoms with Crippen molar-refractivity contribution in [2.24, 2.45) is 0 Å². The number of benzene rings is 2. The van der Waals surface area contributed by atoms with Crippen LogP contribution in [0.25, 0.3) is 17.2 Å². The summed E-state index contributed by atoms with van der Waals surface area (Å²) < 4.78 is 15.8. The van der Waals surface area contributed by atoms with Gasteiger partial charge in [0.25, 0.3) is 0 Å². The molecule has 0 bridgehead atoms. The predicted octanol–water partition coefficient (Wildman–Crippen LogP) is 4.28. The van der Waals surface area contributed by atoms with Gasteiger partial charge >= 0.3 is 5.97 Å². The van der Waals surface area contributed by atoms with Crippen molar-refractivity contribution in [3.8, 4) is 16.9 Å². The van der Waals surface area contributed by atoms with Crippen LogP contribution in [0.2, 0.25) is 0 Å². The number of unbranched alkanes of at least 4 members (excludes halogenated alkanes) is 1. The highest BCUT2D eigenvalue weighted by molar-refractivity contribution is 5.91. The standard InChI is InChI=1S/C21H25NO4/c1-4-5-11-26-19-12-15(13-20(24-2)21(23)25-3)9-10-18(19)16-7-6-8-17(22)14-16/h6-10,12-14H,4-5,11,22H2,1-3H3/b20-13-. The van der Waals surface area contributed by atoms with Gasteiger partial charge in [0, 0.05) is 11.3 Å². The smallest absolute Gasteiger partial charge is 0.373 e. The summed E-state index contributed by atoms with van der Waals surface area (Å²) in [7, 11) is 2.75. The fraction of sp³-hybridized carbons (Fsp3) is 0.286. The van der Waals surface area contributed by atoms with Crippen LogP contribution in [0.15, 0.2) is 48.2 Å². The maximum absolute atomic E-state index is 11.7. The van der Waals surface area contributed by atoms with Gasteiger partial charge in [-0.3, -0.25) is 0 Å². The Kier molecular flexibility index (Phi) is 7.09. The highest BCUT2D eigenvalue weighted by Crippen LogP contribution is 2.33. The molecule has 2 rings (SSSR count). The van der Waals surface area contributed by atoms with Crippen molar-refractivity contribution in [1.29, 1.82) is 0 Å². The number of methoxy groups -OCH3 is 2. The Bertz CT molecular complexity index is 783. The predicted molar refractivity (Wildman–Crippen MR) is 104 cm³/mol. The quantitative estimate of drug-likeness (QED) is 0.252. The number of rotatable bonds is 8. The van der Waals surface area contributed by atoms with Gasteiger partial charge in [-0.05, 0) is 41.8 Å². The van der Waals surface area contributed by atoms with Gasteiger partial charge in [0.05, 0.1) is 20.8 Å². The van der Waals surface area contributed by atoms with Gasteiger partial charge in [-0.1, -0.05) is 37.6 Å². The Morgan fingerprint density at radius 1 is 1.12 bits per heavy atom. The second-order valence-electron chi connectivity index (χ2n) is 5.79. The van der Waals surface area contributed by atoms with Crippen molar-refractivity contribution < 1.29 is 19.0 Å². The van der Waals surface area contributed by atoms with Gasteiger partial charge in [-0.15, -0.1) is 0 Å². The number of carbonyl (C=O) groups excluding carboxylic acids is 1. The third-order valence-corrected chi connectivity index (χ3v) is 3.86. The molecule has 26 heavy (non-hydrogen) atoms. The molecule has 0 amide bonds. The van der Waals surface area contributed by atoms with Crippen LogP contribution in [0.3, 0.4) is 0 Å². The van der Waals surface area contributed by atoms with E-state index in [1.807, 2.05) is 42.5 Å². The molecule has 0 aliphatic rings. The van der Waals surface area contributed by atoms with Crippen LogP contribution < -0.4 is 10.5 Å². The van der Waals surface area contributed by atoms with Gasteiger partial charge in [0.1, 0.15) is 5.75 Å².